The predicted octanol–water partition coefficient (Wildman–Crippen LogP) is 2.68. The van der Waals surface area contributed by atoms with E-state index in [9.17, 15) is 4.39 Å². The Hall–Kier alpha value is -1.79. The molecule has 2 nitrogen and oxygen atoms in total. The van der Waals surface area contributed by atoms with Gasteiger partial charge < -0.3 is 4.42 Å². The minimum Gasteiger partial charge on any atom is -0.460 e. The molecule has 0 saturated carbocycles. The second kappa shape index (κ2) is 4.82. The molecule has 0 atom stereocenters. The van der Waals surface area contributed by atoms with Crippen molar-refractivity contribution < 1.29 is 8.81 Å². The summed E-state index contributed by atoms with van der Waals surface area (Å²) in [6.07, 6.45) is 0. The maximum Gasteiger partial charge on any atom is 0.134 e. The van der Waals surface area contributed by atoms with Crippen molar-refractivity contribution in [3.05, 3.63) is 35.8 Å². The monoisotopic (exact) mass is 217 g/mol. The normalized spacial score (nSPS) is 10.1. The van der Waals surface area contributed by atoms with Gasteiger partial charge in [-0.1, -0.05) is 5.92 Å². The van der Waals surface area contributed by atoms with Crippen LogP contribution in [0, 0.1) is 17.7 Å². The van der Waals surface area contributed by atoms with Crippen LogP contribution in [0.2, 0.25) is 0 Å². The van der Waals surface area contributed by atoms with Crippen molar-refractivity contribution in [3.63, 3.8) is 0 Å². The molecule has 0 bridgehead atoms. The molecule has 82 valence electrons. The summed E-state index contributed by atoms with van der Waals surface area (Å²) in [5.74, 6) is 6.24. The van der Waals surface area contributed by atoms with Crippen LogP contribution in [0.5, 0.6) is 0 Å². The molecule has 0 fully saturated rings. The minimum atomic E-state index is -0.246. The zero-order chi connectivity index (χ0) is 11.4. The number of fused-ring (bicyclic) bond motifs is 1. The van der Waals surface area contributed by atoms with Crippen LogP contribution in [0.4, 0.5) is 4.39 Å². The molecule has 0 unspecified atom stereocenters. The standard InChI is InChI=1S/C13H12FNO/c1-2-3-6-15-9-12-8-10-7-11(14)4-5-13(10)16-12/h4-5,7-8,15H,6,9H2,1H3. The van der Waals surface area contributed by atoms with E-state index in [-0.39, 0.29) is 5.82 Å². The molecule has 2 rings (SSSR count). The van der Waals surface area contributed by atoms with E-state index in [0.29, 0.717) is 18.7 Å². The molecule has 1 aromatic heterocycles. The van der Waals surface area contributed by atoms with Gasteiger partial charge in [0.15, 0.2) is 0 Å². The van der Waals surface area contributed by atoms with Crippen LogP contribution in [0.15, 0.2) is 28.7 Å². The van der Waals surface area contributed by atoms with Gasteiger partial charge in [-0.15, -0.1) is 5.92 Å². The third-order valence-corrected chi connectivity index (χ3v) is 2.22. The quantitative estimate of drug-likeness (QED) is 0.631. The predicted molar refractivity (Wildman–Crippen MR) is 61.3 cm³/mol. The first-order valence-corrected chi connectivity index (χ1v) is 5.08. The van der Waals surface area contributed by atoms with Gasteiger partial charge in [0.2, 0.25) is 0 Å². The second-order valence-corrected chi connectivity index (χ2v) is 3.43. The van der Waals surface area contributed by atoms with E-state index in [1.807, 2.05) is 6.07 Å². The molecule has 1 N–H and O–H groups in total. The number of hydrogen-bond donors (Lipinski definition) is 1. The summed E-state index contributed by atoms with van der Waals surface area (Å²) in [7, 11) is 0. The van der Waals surface area contributed by atoms with Gasteiger partial charge in [0, 0.05) is 5.39 Å². The minimum absolute atomic E-state index is 0.246. The Morgan fingerprint density at radius 1 is 1.38 bits per heavy atom. The van der Waals surface area contributed by atoms with E-state index in [2.05, 4.69) is 17.2 Å². The van der Waals surface area contributed by atoms with Gasteiger partial charge in [-0.2, -0.15) is 0 Å². The van der Waals surface area contributed by atoms with Crippen molar-refractivity contribution in [3.8, 4) is 11.8 Å². The lowest BCUT2D eigenvalue weighted by atomic mass is 10.2. The fourth-order valence-corrected chi connectivity index (χ4v) is 1.49. The van der Waals surface area contributed by atoms with E-state index >= 15 is 0 Å². The van der Waals surface area contributed by atoms with Gasteiger partial charge in [0.25, 0.3) is 0 Å². The van der Waals surface area contributed by atoms with Gasteiger partial charge >= 0.3 is 0 Å². The van der Waals surface area contributed by atoms with Crippen LogP contribution >= 0.6 is 0 Å². The molecule has 0 amide bonds. The van der Waals surface area contributed by atoms with E-state index in [4.69, 9.17) is 4.42 Å². The third kappa shape index (κ3) is 2.41. The molecular formula is C13H12FNO. The zero-order valence-electron chi connectivity index (χ0n) is 9.01. The lowest BCUT2D eigenvalue weighted by Gasteiger charge is -1.94. The average molecular weight is 217 g/mol. The molecule has 0 radical (unpaired) electrons. The Morgan fingerprint density at radius 2 is 2.25 bits per heavy atom. The SMILES string of the molecule is CC#CCNCc1cc2cc(F)ccc2o1. The number of rotatable bonds is 3. The van der Waals surface area contributed by atoms with Gasteiger partial charge in [0.05, 0.1) is 13.1 Å². The number of benzene rings is 1. The summed E-state index contributed by atoms with van der Waals surface area (Å²) in [5.41, 5.74) is 0.708. The lowest BCUT2D eigenvalue weighted by Crippen LogP contribution is -2.12. The molecule has 1 heterocycles. The van der Waals surface area contributed by atoms with Crippen LogP contribution < -0.4 is 5.32 Å². The smallest absolute Gasteiger partial charge is 0.134 e. The highest BCUT2D eigenvalue weighted by atomic mass is 19.1. The zero-order valence-corrected chi connectivity index (χ0v) is 9.01. The first-order valence-electron chi connectivity index (χ1n) is 5.08. The molecule has 1 aromatic carbocycles. The van der Waals surface area contributed by atoms with E-state index in [1.54, 1.807) is 13.0 Å². The topological polar surface area (TPSA) is 25.2 Å². The Balaban J connectivity index is 2.09. The number of halogens is 1. The maximum absolute atomic E-state index is 12.9. The largest absolute Gasteiger partial charge is 0.460 e. The summed E-state index contributed by atoms with van der Waals surface area (Å²) in [5, 5.41) is 3.91. The van der Waals surface area contributed by atoms with Crippen molar-refractivity contribution in [2.24, 2.45) is 0 Å². The highest BCUT2D eigenvalue weighted by Crippen LogP contribution is 2.19. The van der Waals surface area contributed by atoms with Crippen molar-refractivity contribution in [1.29, 1.82) is 0 Å². The van der Waals surface area contributed by atoms with Crippen LogP contribution in [0.25, 0.3) is 11.0 Å². The van der Waals surface area contributed by atoms with Crippen molar-refractivity contribution >= 4 is 11.0 Å². The lowest BCUT2D eigenvalue weighted by molar-refractivity contribution is 0.525. The second-order valence-electron chi connectivity index (χ2n) is 3.43. The summed E-state index contributed by atoms with van der Waals surface area (Å²) in [6.45, 7) is 3.03. The van der Waals surface area contributed by atoms with Crippen molar-refractivity contribution in [2.75, 3.05) is 6.54 Å². The number of nitrogens with one attached hydrogen (secondary N) is 1. The van der Waals surface area contributed by atoms with Crippen molar-refractivity contribution in [1.82, 2.24) is 5.32 Å². The number of furan rings is 1. The molecule has 3 heteroatoms. The maximum atomic E-state index is 12.9. The Kier molecular flexibility index (Phi) is 3.23. The van der Waals surface area contributed by atoms with Gasteiger partial charge in [-0.05, 0) is 31.2 Å². The summed E-state index contributed by atoms with van der Waals surface area (Å²) < 4.78 is 18.4. The summed E-state index contributed by atoms with van der Waals surface area (Å²) >= 11 is 0. The Morgan fingerprint density at radius 3 is 3.06 bits per heavy atom. The molecule has 0 aliphatic rings. The van der Waals surface area contributed by atoms with Gasteiger partial charge in [-0.3, -0.25) is 5.32 Å². The molecule has 0 spiro atoms. The van der Waals surface area contributed by atoms with Crippen LogP contribution in [-0.4, -0.2) is 6.54 Å². The molecule has 0 aliphatic heterocycles. The van der Waals surface area contributed by atoms with Crippen LogP contribution in [-0.2, 0) is 6.54 Å². The molecule has 0 aliphatic carbocycles. The van der Waals surface area contributed by atoms with Crippen LogP contribution in [0.3, 0.4) is 0 Å². The highest BCUT2D eigenvalue weighted by Gasteiger charge is 2.03. The first kappa shape index (κ1) is 10.7. The molecular weight excluding hydrogens is 205 g/mol. The van der Waals surface area contributed by atoms with Crippen molar-refractivity contribution in [2.45, 2.75) is 13.5 Å². The van der Waals surface area contributed by atoms with Gasteiger partial charge in [0.1, 0.15) is 17.2 Å². The Bertz CT molecular complexity index is 548. The average Bonchev–Trinajstić information content (AvgIpc) is 2.66. The Labute approximate surface area is 93.4 Å². The van der Waals surface area contributed by atoms with E-state index in [1.165, 1.54) is 12.1 Å². The number of hydrogen-bond acceptors (Lipinski definition) is 2. The fraction of sp³-hybridized carbons (Fsp3) is 0.231. The van der Waals surface area contributed by atoms with Crippen LogP contribution in [0.1, 0.15) is 12.7 Å². The summed E-state index contributed by atoms with van der Waals surface area (Å²) in [6, 6.07) is 6.34. The first-order chi connectivity index (χ1) is 7.79. The molecule has 2 aromatic rings. The summed E-state index contributed by atoms with van der Waals surface area (Å²) in [4.78, 5) is 0. The molecule has 0 saturated heterocycles. The third-order valence-electron chi connectivity index (χ3n) is 2.22. The van der Waals surface area contributed by atoms with E-state index < -0.39 is 0 Å². The van der Waals surface area contributed by atoms with Gasteiger partial charge in [-0.25, -0.2) is 4.39 Å². The van der Waals surface area contributed by atoms with E-state index in [0.717, 1.165) is 11.1 Å². The highest BCUT2D eigenvalue weighted by molar-refractivity contribution is 5.77. The fourth-order valence-electron chi connectivity index (χ4n) is 1.49. The molecule has 16 heavy (non-hydrogen) atoms.